The molecule has 2 aliphatic rings. The minimum atomic E-state index is -0.376. The molecule has 2 heterocycles. The van der Waals surface area contributed by atoms with Gasteiger partial charge in [0.15, 0.2) is 0 Å². The Morgan fingerprint density at radius 1 is 1.18 bits per heavy atom. The molecule has 0 aromatic rings. The third-order valence-corrected chi connectivity index (χ3v) is 8.72. The van der Waals surface area contributed by atoms with Crippen LogP contribution in [0.3, 0.4) is 0 Å². The van der Waals surface area contributed by atoms with Gasteiger partial charge in [-0.15, -0.1) is 0 Å². The fourth-order valence-electron chi connectivity index (χ4n) is 5.41. The zero-order valence-corrected chi connectivity index (χ0v) is 25.7. The highest BCUT2D eigenvalue weighted by Gasteiger charge is 2.44. The number of hydrogen-bond acceptors (Lipinski definition) is 5. The highest BCUT2D eigenvalue weighted by molar-refractivity contribution is 5.70. The first-order valence-electron chi connectivity index (χ1n) is 14.8. The first-order valence-corrected chi connectivity index (χ1v) is 14.8. The van der Waals surface area contributed by atoms with E-state index in [-0.39, 0.29) is 41.4 Å². The van der Waals surface area contributed by atoms with Crippen LogP contribution in [0.15, 0.2) is 36.0 Å². The normalized spacial score (nSPS) is 33.8. The van der Waals surface area contributed by atoms with Crippen LogP contribution in [0, 0.1) is 35.0 Å². The van der Waals surface area contributed by atoms with Gasteiger partial charge < -0.3 is 14.2 Å². The van der Waals surface area contributed by atoms with Crippen molar-refractivity contribution >= 4 is 11.9 Å². The summed E-state index contributed by atoms with van der Waals surface area (Å²) in [4.78, 5) is 24.7. The van der Waals surface area contributed by atoms with Gasteiger partial charge in [-0.2, -0.15) is 0 Å². The first-order chi connectivity index (χ1) is 17.7. The molecule has 0 N–H and O–H groups in total. The van der Waals surface area contributed by atoms with Gasteiger partial charge in [-0.1, -0.05) is 86.1 Å². The summed E-state index contributed by atoms with van der Waals surface area (Å²) in [5.74, 6) is 1.38. The van der Waals surface area contributed by atoms with Crippen LogP contribution in [-0.4, -0.2) is 36.4 Å². The third kappa shape index (κ3) is 10.0. The second-order valence-electron chi connectivity index (χ2n) is 12.9. The van der Waals surface area contributed by atoms with E-state index in [9.17, 15) is 9.59 Å². The molecule has 9 atom stereocenters. The standard InChI is InChI=1S/C33H54O5/c1-11-23(4)26(7)32-28(37-32)19-21(2)13-12-14-24(5)31-25(6)15-16-29(36-27(8)34)33(9,10)18-17-22(3)20-30(35)38-31/h12-16,21-23,25-26,28-29,31-32H,11,17-20H2,1-10H3/b13-12+,16-15-,24-14+. The SMILES string of the molecule is CCC(C)C(C)C1OC1CC(C)/C=C/C=C(\C)C1OC(=O)CC(C)CCC(C)(C)C(OC(C)=O)/C=C\C1C. The molecule has 2 aliphatic heterocycles. The van der Waals surface area contributed by atoms with Gasteiger partial charge in [-0.05, 0) is 61.5 Å². The van der Waals surface area contributed by atoms with Crippen molar-refractivity contribution in [2.24, 2.45) is 35.0 Å². The van der Waals surface area contributed by atoms with Crippen molar-refractivity contribution in [2.75, 3.05) is 0 Å². The van der Waals surface area contributed by atoms with Crippen molar-refractivity contribution in [1.29, 1.82) is 0 Å². The number of ether oxygens (including phenoxy) is 3. The molecule has 0 spiro atoms. The monoisotopic (exact) mass is 530 g/mol. The maximum atomic E-state index is 12.8. The second kappa shape index (κ2) is 14.5. The minimum Gasteiger partial charge on any atom is -0.458 e. The minimum absolute atomic E-state index is 0.0627. The zero-order chi connectivity index (χ0) is 28.6. The second-order valence-corrected chi connectivity index (χ2v) is 12.9. The zero-order valence-electron chi connectivity index (χ0n) is 25.7. The number of cyclic esters (lactones) is 1. The molecule has 9 unspecified atom stereocenters. The molecule has 0 amide bonds. The van der Waals surface area contributed by atoms with E-state index in [1.54, 1.807) is 0 Å². The summed E-state index contributed by atoms with van der Waals surface area (Å²) in [6.07, 6.45) is 14.8. The smallest absolute Gasteiger partial charge is 0.306 e. The molecule has 1 saturated heterocycles. The molecular formula is C33H54O5. The van der Waals surface area contributed by atoms with Crippen LogP contribution in [0.2, 0.25) is 0 Å². The van der Waals surface area contributed by atoms with Crippen LogP contribution < -0.4 is 0 Å². The molecule has 5 heteroatoms. The highest BCUT2D eigenvalue weighted by Crippen LogP contribution is 2.38. The lowest BCUT2D eigenvalue weighted by atomic mass is 9.78. The Balaban J connectivity index is 2.12. The summed E-state index contributed by atoms with van der Waals surface area (Å²) in [5, 5.41) is 0. The molecule has 0 aliphatic carbocycles. The molecule has 5 nitrogen and oxygen atoms in total. The van der Waals surface area contributed by atoms with E-state index in [1.807, 2.05) is 26.0 Å². The average Bonchev–Trinajstić information content (AvgIpc) is 3.60. The maximum Gasteiger partial charge on any atom is 0.306 e. The Kier molecular flexibility index (Phi) is 12.3. The number of hydrogen-bond donors (Lipinski definition) is 0. The summed E-state index contributed by atoms with van der Waals surface area (Å²) in [6.45, 7) is 21.0. The first kappa shape index (κ1) is 32.3. The van der Waals surface area contributed by atoms with Crippen molar-refractivity contribution in [3.05, 3.63) is 36.0 Å². The lowest BCUT2D eigenvalue weighted by molar-refractivity contribution is -0.150. The summed E-state index contributed by atoms with van der Waals surface area (Å²) in [5.41, 5.74) is 0.771. The van der Waals surface area contributed by atoms with Crippen molar-refractivity contribution in [1.82, 2.24) is 0 Å². The van der Waals surface area contributed by atoms with Gasteiger partial charge in [0, 0.05) is 24.7 Å². The maximum absolute atomic E-state index is 12.8. The molecule has 0 saturated carbocycles. The van der Waals surface area contributed by atoms with Gasteiger partial charge in [0.05, 0.1) is 12.2 Å². The van der Waals surface area contributed by atoms with Gasteiger partial charge in [-0.3, -0.25) is 9.59 Å². The lowest BCUT2D eigenvalue weighted by Crippen LogP contribution is -2.34. The van der Waals surface area contributed by atoms with Gasteiger partial charge in [0.1, 0.15) is 12.2 Å². The van der Waals surface area contributed by atoms with Crippen LogP contribution in [0.1, 0.15) is 101 Å². The summed E-state index contributed by atoms with van der Waals surface area (Å²) < 4.78 is 17.7. The predicted octanol–water partition coefficient (Wildman–Crippen LogP) is 7.85. The lowest BCUT2D eigenvalue weighted by Gasteiger charge is -2.34. The van der Waals surface area contributed by atoms with Gasteiger partial charge in [0.25, 0.3) is 0 Å². The molecule has 0 aromatic heterocycles. The van der Waals surface area contributed by atoms with E-state index in [0.29, 0.717) is 36.4 Å². The molecule has 2 rings (SSSR count). The van der Waals surface area contributed by atoms with E-state index in [1.165, 1.54) is 13.3 Å². The number of carbonyl (C=O) groups is 2. The van der Waals surface area contributed by atoms with Crippen LogP contribution in [0.5, 0.6) is 0 Å². The fourth-order valence-corrected chi connectivity index (χ4v) is 5.41. The van der Waals surface area contributed by atoms with Crippen molar-refractivity contribution in [2.45, 2.75) is 126 Å². The molecule has 0 bridgehead atoms. The summed E-state index contributed by atoms with van der Waals surface area (Å²) in [6, 6.07) is 0. The Bertz CT molecular complexity index is 869. The topological polar surface area (TPSA) is 65.1 Å². The quantitative estimate of drug-likeness (QED) is 0.131. The van der Waals surface area contributed by atoms with Crippen molar-refractivity contribution < 1.29 is 23.8 Å². The Hall–Kier alpha value is -1.88. The Labute approximate surface area is 232 Å². The predicted molar refractivity (Wildman–Crippen MR) is 154 cm³/mol. The highest BCUT2D eigenvalue weighted by atomic mass is 16.6. The molecule has 0 aromatic carbocycles. The van der Waals surface area contributed by atoms with Crippen molar-refractivity contribution in [3.63, 3.8) is 0 Å². The molecule has 1 fully saturated rings. The van der Waals surface area contributed by atoms with Crippen LogP contribution >= 0.6 is 0 Å². The van der Waals surface area contributed by atoms with Crippen molar-refractivity contribution in [3.8, 4) is 0 Å². The third-order valence-electron chi connectivity index (χ3n) is 8.72. The number of allylic oxidation sites excluding steroid dienone is 3. The fraction of sp³-hybridized carbons (Fsp3) is 0.758. The van der Waals surface area contributed by atoms with E-state index in [0.717, 1.165) is 24.8 Å². The summed E-state index contributed by atoms with van der Waals surface area (Å²) >= 11 is 0. The number of epoxide rings is 1. The Morgan fingerprint density at radius 3 is 2.50 bits per heavy atom. The van der Waals surface area contributed by atoms with E-state index in [4.69, 9.17) is 14.2 Å². The number of carbonyl (C=O) groups excluding carboxylic acids is 2. The van der Waals surface area contributed by atoms with Gasteiger partial charge in [-0.25, -0.2) is 0 Å². The van der Waals surface area contributed by atoms with Crippen LogP contribution in [0.25, 0.3) is 0 Å². The van der Waals surface area contributed by atoms with Gasteiger partial charge >= 0.3 is 11.9 Å². The molecule has 0 radical (unpaired) electrons. The number of esters is 2. The number of rotatable bonds is 9. The molecular weight excluding hydrogens is 476 g/mol. The van der Waals surface area contributed by atoms with Crippen LogP contribution in [-0.2, 0) is 23.8 Å². The van der Waals surface area contributed by atoms with Crippen LogP contribution in [0.4, 0.5) is 0 Å². The van der Waals surface area contributed by atoms with E-state index in [2.05, 4.69) is 66.7 Å². The molecule has 216 valence electrons. The van der Waals surface area contributed by atoms with E-state index < -0.39 is 0 Å². The molecule has 38 heavy (non-hydrogen) atoms. The van der Waals surface area contributed by atoms with Gasteiger partial charge in [0.2, 0.25) is 0 Å². The van der Waals surface area contributed by atoms with E-state index >= 15 is 0 Å². The largest absolute Gasteiger partial charge is 0.458 e. The summed E-state index contributed by atoms with van der Waals surface area (Å²) in [7, 11) is 0. The Morgan fingerprint density at radius 2 is 1.87 bits per heavy atom. The average molecular weight is 531 g/mol.